The molecular formula is C5H9NO. The molecule has 0 bridgehead atoms. The van der Waals surface area contributed by atoms with E-state index >= 15 is 0 Å². The smallest absolute Gasteiger partial charge is 0.244 e. The Kier molecular flexibility index (Phi) is 2.12. The zero-order chi connectivity index (χ0) is 5.86. The van der Waals surface area contributed by atoms with Gasteiger partial charge in [-0.25, -0.2) is 0 Å². The van der Waals surface area contributed by atoms with Crippen LogP contribution in [0.5, 0.6) is 0 Å². The van der Waals surface area contributed by atoms with Crippen LogP contribution in [-0.4, -0.2) is 5.91 Å². The average molecular weight is 99.1 g/mol. The van der Waals surface area contributed by atoms with Gasteiger partial charge in [0.1, 0.15) is 0 Å². The van der Waals surface area contributed by atoms with Gasteiger partial charge >= 0.3 is 0 Å². The molecule has 7 heavy (non-hydrogen) atoms. The Balaban J connectivity index is 3.58. The van der Waals surface area contributed by atoms with Gasteiger partial charge < -0.3 is 5.73 Å². The van der Waals surface area contributed by atoms with Crippen molar-refractivity contribution in [2.24, 2.45) is 5.73 Å². The monoisotopic (exact) mass is 99.1 g/mol. The summed E-state index contributed by atoms with van der Waals surface area (Å²) in [5, 5.41) is 0. The number of rotatable bonds is 2. The topological polar surface area (TPSA) is 43.1 Å². The van der Waals surface area contributed by atoms with Crippen LogP contribution in [0.3, 0.4) is 0 Å². The molecule has 0 aromatic rings. The average Bonchev–Trinajstić information content (AvgIpc) is 1.65. The number of hydrogen-bond acceptors (Lipinski definition) is 1. The first kappa shape index (κ1) is 6.21. The fourth-order valence-electron chi connectivity index (χ4n) is 0.174. The Morgan fingerprint density at radius 3 is 2.29 bits per heavy atom. The highest BCUT2D eigenvalue weighted by molar-refractivity contribution is 5.91. The molecule has 0 aliphatic heterocycles. The molecule has 0 aromatic carbocycles. The van der Waals surface area contributed by atoms with Crippen molar-refractivity contribution in [1.29, 1.82) is 0 Å². The first-order valence-corrected chi connectivity index (χ1v) is 2.16. The molecule has 0 radical (unpaired) electrons. The lowest BCUT2D eigenvalue weighted by molar-refractivity contribution is -0.114. The maximum atomic E-state index is 10.1. The van der Waals surface area contributed by atoms with E-state index in [2.05, 4.69) is 6.58 Å². The minimum Gasteiger partial charge on any atom is -0.366 e. The second-order valence-electron chi connectivity index (χ2n) is 1.32. The lowest BCUT2D eigenvalue weighted by Crippen LogP contribution is -2.11. The Labute approximate surface area is 43.0 Å². The van der Waals surface area contributed by atoms with Crippen molar-refractivity contribution >= 4 is 5.91 Å². The van der Waals surface area contributed by atoms with Crippen LogP contribution < -0.4 is 5.73 Å². The highest BCUT2D eigenvalue weighted by atomic mass is 16.1. The van der Waals surface area contributed by atoms with E-state index in [0.717, 1.165) is 0 Å². The third-order valence-electron chi connectivity index (χ3n) is 0.775. The van der Waals surface area contributed by atoms with Gasteiger partial charge in [0, 0.05) is 5.57 Å². The second kappa shape index (κ2) is 2.39. The van der Waals surface area contributed by atoms with Gasteiger partial charge in [-0.3, -0.25) is 4.79 Å². The third kappa shape index (κ3) is 1.98. The van der Waals surface area contributed by atoms with Crippen molar-refractivity contribution in [2.45, 2.75) is 13.3 Å². The van der Waals surface area contributed by atoms with Crippen LogP contribution >= 0.6 is 0 Å². The summed E-state index contributed by atoms with van der Waals surface area (Å²) in [6, 6.07) is 0. The number of primary amides is 1. The molecule has 40 valence electrons. The van der Waals surface area contributed by atoms with Crippen LogP contribution in [0.15, 0.2) is 12.2 Å². The summed E-state index contributed by atoms with van der Waals surface area (Å²) in [5.74, 6) is -0.400. The Bertz CT molecular complexity index is 96.3. The van der Waals surface area contributed by atoms with Crippen molar-refractivity contribution in [2.75, 3.05) is 0 Å². The molecule has 2 N–H and O–H groups in total. The van der Waals surface area contributed by atoms with E-state index in [-0.39, 0.29) is 0 Å². The normalized spacial score (nSPS) is 8.14. The zero-order valence-corrected chi connectivity index (χ0v) is 4.40. The summed E-state index contributed by atoms with van der Waals surface area (Å²) >= 11 is 0. The fourth-order valence-corrected chi connectivity index (χ4v) is 0.174. The summed E-state index contributed by atoms with van der Waals surface area (Å²) in [6.07, 6.45) is 0.648. The molecule has 0 spiro atoms. The highest BCUT2D eigenvalue weighted by Gasteiger charge is 1.93. The molecular weight excluding hydrogens is 90.1 g/mol. The number of carbonyl (C=O) groups is 1. The Hall–Kier alpha value is -0.790. The van der Waals surface area contributed by atoms with Crippen molar-refractivity contribution < 1.29 is 4.79 Å². The van der Waals surface area contributed by atoms with Crippen LogP contribution in [0.1, 0.15) is 13.3 Å². The van der Waals surface area contributed by atoms with Gasteiger partial charge in [0.05, 0.1) is 0 Å². The number of nitrogens with two attached hydrogens (primary N) is 1. The van der Waals surface area contributed by atoms with Crippen LogP contribution in [0.25, 0.3) is 0 Å². The zero-order valence-electron chi connectivity index (χ0n) is 4.40. The molecule has 0 saturated carbocycles. The summed E-state index contributed by atoms with van der Waals surface area (Å²) in [6.45, 7) is 5.24. The maximum absolute atomic E-state index is 10.1. The van der Waals surface area contributed by atoms with Gasteiger partial charge in [0.15, 0.2) is 0 Å². The van der Waals surface area contributed by atoms with E-state index in [9.17, 15) is 4.79 Å². The van der Waals surface area contributed by atoms with Gasteiger partial charge in [0.2, 0.25) is 5.91 Å². The molecule has 0 aromatic heterocycles. The van der Waals surface area contributed by atoms with E-state index in [1.54, 1.807) is 0 Å². The van der Waals surface area contributed by atoms with Gasteiger partial charge in [-0.2, -0.15) is 0 Å². The van der Waals surface area contributed by atoms with Gasteiger partial charge in [-0.15, -0.1) is 0 Å². The molecule has 0 heterocycles. The third-order valence-corrected chi connectivity index (χ3v) is 0.775. The first-order valence-electron chi connectivity index (χ1n) is 2.16. The molecule has 0 rings (SSSR count). The van der Waals surface area contributed by atoms with Crippen molar-refractivity contribution in [1.82, 2.24) is 0 Å². The van der Waals surface area contributed by atoms with Crippen LogP contribution in [0, 0.1) is 0 Å². The minimum absolute atomic E-state index is 0.400. The van der Waals surface area contributed by atoms with Crippen molar-refractivity contribution in [3.8, 4) is 0 Å². The number of hydrogen-bond donors (Lipinski definition) is 1. The summed E-state index contributed by atoms with van der Waals surface area (Å²) in [7, 11) is 0. The molecule has 0 unspecified atom stereocenters. The minimum atomic E-state index is -0.400. The van der Waals surface area contributed by atoms with E-state index in [1.807, 2.05) is 6.92 Å². The fraction of sp³-hybridized carbons (Fsp3) is 0.400. The van der Waals surface area contributed by atoms with Crippen LogP contribution in [0.2, 0.25) is 0 Å². The van der Waals surface area contributed by atoms with E-state index < -0.39 is 5.91 Å². The van der Waals surface area contributed by atoms with Crippen LogP contribution in [0.4, 0.5) is 0 Å². The summed E-state index contributed by atoms with van der Waals surface area (Å²) in [4.78, 5) is 10.1. The molecule has 0 aliphatic carbocycles. The molecule has 0 fully saturated rings. The maximum Gasteiger partial charge on any atom is 0.244 e. The number of carbonyl (C=O) groups excluding carboxylic acids is 1. The highest BCUT2D eigenvalue weighted by Crippen LogP contribution is 1.91. The molecule has 0 aliphatic rings. The van der Waals surface area contributed by atoms with Gasteiger partial charge in [-0.1, -0.05) is 13.5 Å². The molecule has 2 nitrogen and oxygen atoms in total. The van der Waals surface area contributed by atoms with E-state index in [1.165, 1.54) is 0 Å². The van der Waals surface area contributed by atoms with E-state index in [4.69, 9.17) is 5.73 Å². The molecule has 2 heteroatoms. The first-order chi connectivity index (χ1) is 3.18. The lowest BCUT2D eigenvalue weighted by atomic mass is 10.2. The van der Waals surface area contributed by atoms with E-state index in [0.29, 0.717) is 12.0 Å². The Morgan fingerprint density at radius 1 is 1.86 bits per heavy atom. The summed E-state index contributed by atoms with van der Waals surface area (Å²) < 4.78 is 0. The van der Waals surface area contributed by atoms with Crippen LogP contribution in [-0.2, 0) is 4.79 Å². The largest absolute Gasteiger partial charge is 0.366 e. The number of amides is 1. The van der Waals surface area contributed by atoms with Gasteiger partial charge in [0.25, 0.3) is 0 Å². The van der Waals surface area contributed by atoms with Crippen molar-refractivity contribution in [3.05, 3.63) is 12.2 Å². The molecule has 1 amide bonds. The quantitative estimate of drug-likeness (QED) is 0.501. The standard InChI is InChI=1S/C5H9NO/c1-3-4(2)5(6)7/h2-3H2,1H3,(H2,6,7). The lowest BCUT2D eigenvalue weighted by Gasteiger charge is -1.89. The summed E-state index contributed by atoms with van der Waals surface area (Å²) in [5.41, 5.74) is 5.29. The SMILES string of the molecule is C=C(CC)C(N)=O. The Morgan fingerprint density at radius 2 is 2.29 bits per heavy atom. The van der Waals surface area contributed by atoms with Gasteiger partial charge in [-0.05, 0) is 6.42 Å². The predicted octanol–water partition coefficient (Wildman–Crippen LogP) is 0.438. The second-order valence-corrected chi connectivity index (χ2v) is 1.32. The van der Waals surface area contributed by atoms with Crippen molar-refractivity contribution in [3.63, 3.8) is 0 Å². The molecule has 0 atom stereocenters. The molecule has 0 saturated heterocycles. The predicted molar refractivity (Wildman–Crippen MR) is 28.6 cm³/mol.